The van der Waals surface area contributed by atoms with Gasteiger partial charge < -0.3 is 19.5 Å². The maximum absolute atomic E-state index is 12.7. The molecular weight excluding hydrogens is 344 g/mol. The average Bonchev–Trinajstić information content (AvgIpc) is 2.63. The minimum absolute atomic E-state index is 0.112. The van der Waals surface area contributed by atoms with Crippen LogP contribution in [0.4, 0.5) is 5.69 Å². The van der Waals surface area contributed by atoms with E-state index in [9.17, 15) is 4.79 Å². The van der Waals surface area contributed by atoms with Gasteiger partial charge in [-0.1, -0.05) is 13.8 Å². The molecule has 1 aromatic rings. The highest BCUT2D eigenvalue weighted by Gasteiger charge is 2.34. The van der Waals surface area contributed by atoms with Gasteiger partial charge in [0, 0.05) is 31.9 Å². The number of hydrogen-bond donors (Lipinski definition) is 1. The van der Waals surface area contributed by atoms with Crippen LogP contribution in [0.2, 0.25) is 0 Å². The Hall–Kier alpha value is -1.63. The van der Waals surface area contributed by atoms with E-state index in [1.165, 1.54) is 0 Å². The highest BCUT2D eigenvalue weighted by atomic mass is 16.5. The summed E-state index contributed by atoms with van der Waals surface area (Å²) in [5, 5.41) is 2.97. The number of benzene rings is 1. The van der Waals surface area contributed by atoms with E-state index in [1.807, 2.05) is 38.1 Å². The van der Waals surface area contributed by atoms with E-state index >= 15 is 0 Å². The van der Waals surface area contributed by atoms with Crippen LogP contribution in [0, 0.1) is 5.92 Å². The van der Waals surface area contributed by atoms with Gasteiger partial charge in [-0.3, -0.25) is 9.69 Å². The largest absolute Gasteiger partial charge is 0.492 e. The van der Waals surface area contributed by atoms with Crippen LogP contribution in [0.1, 0.15) is 34.1 Å². The molecule has 0 radical (unpaired) electrons. The molecule has 6 heteroatoms. The van der Waals surface area contributed by atoms with Crippen molar-refractivity contribution in [2.24, 2.45) is 5.92 Å². The number of anilines is 1. The second-order valence-corrected chi connectivity index (χ2v) is 7.54. The number of carbonyl (C=O) groups excluding carboxylic acids is 1. The Labute approximate surface area is 163 Å². The molecule has 1 N–H and O–H groups in total. The monoisotopic (exact) mass is 378 g/mol. The van der Waals surface area contributed by atoms with Crippen LogP contribution in [-0.2, 0) is 14.3 Å². The molecule has 0 bridgehead atoms. The van der Waals surface area contributed by atoms with E-state index < -0.39 is 5.60 Å². The molecule has 0 aliphatic carbocycles. The van der Waals surface area contributed by atoms with E-state index in [0.717, 1.165) is 44.3 Å². The molecule has 1 saturated heterocycles. The van der Waals surface area contributed by atoms with Gasteiger partial charge in [-0.15, -0.1) is 0 Å². The number of carbonyl (C=O) groups is 1. The summed E-state index contributed by atoms with van der Waals surface area (Å²) in [4.78, 5) is 15.0. The third kappa shape index (κ3) is 7.13. The Balaban J connectivity index is 1.83. The molecule has 2 rings (SSSR count). The summed E-state index contributed by atoms with van der Waals surface area (Å²) >= 11 is 0. The third-order valence-corrected chi connectivity index (χ3v) is 4.63. The van der Waals surface area contributed by atoms with Crippen molar-refractivity contribution in [2.75, 3.05) is 51.4 Å². The molecular formula is C21H34N2O4. The van der Waals surface area contributed by atoms with Crippen LogP contribution in [0.15, 0.2) is 24.3 Å². The Morgan fingerprint density at radius 2 is 1.93 bits per heavy atom. The first-order valence-electron chi connectivity index (χ1n) is 9.91. The van der Waals surface area contributed by atoms with Crippen LogP contribution < -0.4 is 10.1 Å². The van der Waals surface area contributed by atoms with Crippen molar-refractivity contribution >= 4 is 11.6 Å². The van der Waals surface area contributed by atoms with Gasteiger partial charge in [0.15, 0.2) is 0 Å². The molecule has 1 aromatic carbocycles. The van der Waals surface area contributed by atoms with Gasteiger partial charge in [0.1, 0.15) is 18.0 Å². The van der Waals surface area contributed by atoms with Crippen molar-refractivity contribution in [3.8, 4) is 5.75 Å². The van der Waals surface area contributed by atoms with Crippen molar-refractivity contribution in [3.05, 3.63) is 24.3 Å². The Kier molecular flexibility index (Phi) is 8.54. The van der Waals surface area contributed by atoms with Gasteiger partial charge >= 0.3 is 0 Å². The van der Waals surface area contributed by atoms with Gasteiger partial charge in [-0.2, -0.15) is 0 Å². The van der Waals surface area contributed by atoms with Crippen molar-refractivity contribution < 1.29 is 19.0 Å². The van der Waals surface area contributed by atoms with Gasteiger partial charge in [0.25, 0.3) is 5.91 Å². The lowest BCUT2D eigenvalue weighted by molar-refractivity contribution is -0.140. The zero-order valence-electron chi connectivity index (χ0n) is 17.1. The molecule has 1 aliphatic heterocycles. The minimum Gasteiger partial charge on any atom is -0.492 e. The van der Waals surface area contributed by atoms with E-state index in [0.29, 0.717) is 25.6 Å². The first-order chi connectivity index (χ1) is 12.9. The molecule has 1 fully saturated rings. The second kappa shape index (κ2) is 10.6. The van der Waals surface area contributed by atoms with Crippen molar-refractivity contribution in [3.63, 3.8) is 0 Å². The van der Waals surface area contributed by atoms with Gasteiger partial charge in [0.2, 0.25) is 0 Å². The number of nitrogens with zero attached hydrogens (tertiary/aromatic N) is 1. The quantitative estimate of drug-likeness (QED) is 0.678. The van der Waals surface area contributed by atoms with Crippen molar-refractivity contribution in [1.29, 1.82) is 0 Å². The average molecular weight is 379 g/mol. The molecule has 0 unspecified atom stereocenters. The third-order valence-electron chi connectivity index (χ3n) is 4.63. The highest BCUT2D eigenvalue weighted by Crippen LogP contribution is 2.24. The SMILES string of the molecule is CCO[C@](C)(CC(C)C)C(=O)Nc1ccc(OCCN2CCOCC2)cc1. The normalized spacial score (nSPS) is 17.5. The predicted octanol–water partition coefficient (Wildman–Crippen LogP) is 3.18. The summed E-state index contributed by atoms with van der Waals surface area (Å²) < 4.78 is 16.9. The minimum atomic E-state index is -0.823. The lowest BCUT2D eigenvalue weighted by Gasteiger charge is -2.29. The summed E-state index contributed by atoms with van der Waals surface area (Å²) in [6.07, 6.45) is 0.676. The summed E-state index contributed by atoms with van der Waals surface area (Å²) in [5.74, 6) is 1.06. The lowest BCUT2D eigenvalue weighted by atomic mass is 9.93. The van der Waals surface area contributed by atoms with Gasteiger partial charge in [-0.25, -0.2) is 0 Å². The predicted molar refractivity (Wildman–Crippen MR) is 107 cm³/mol. The zero-order chi connectivity index (χ0) is 19.7. The molecule has 6 nitrogen and oxygen atoms in total. The Morgan fingerprint density at radius 1 is 1.26 bits per heavy atom. The fourth-order valence-corrected chi connectivity index (χ4v) is 3.33. The second-order valence-electron chi connectivity index (χ2n) is 7.54. The Bertz CT molecular complexity index is 570. The molecule has 0 saturated carbocycles. The smallest absolute Gasteiger partial charge is 0.256 e. The zero-order valence-corrected chi connectivity index (χ0v) is 17.1. The van der Waals surface area contributed by atoms with Crippen LogP contribution in [0.3, 0.4) is 0 Å². The fourth-order valence-electron chi connectivity index (χ4n) is 3.33. The van der Waals surface area contributed by atoms with Crippen LogP contribution in [0.5, 0.6) is 5.75 Å². The molecule has 1 aliphatic rings. The van der Waals surface area contributed by atoms with E-state index in [-0.39, 0.29) is 5.91 Å². The number of rotatable bonds is 10. The van der Waals surface area contributed by atoms with Crippen LogP contribution in [0.25, 0.3) is 0 Å². The first kappa shape index (κ1) is 21.7. The molecule has 1 atom stereocenters. The number of ether oxygens (including phenoxy) is 3. The lowest BCUT2D eigenvalue weighted by Crippen LogP contribution is -2.43. The standard InChI is InChI=1S/C21H34N2O4/c1-5-27-21(4,16-17(2)3)20(24)22-18-6-8-19(9-7-18)26-15-12-23-10-13-25-14-11-23/h6-9,17H,5,10-16H2,1-4H3,(H,22,24)/t21-/m1/s1. The number of hydrogen-bond acceptors (Lipinski definition) is 5. The maximum Gasteiger partial charge on any atom is 0.256 e. The number of nitrogens with one attached hydrogen (secondary N) is 1. The van der Waals surface area contributed by atoms with Crippen LogP contribution >= 0.6 is 0 Å². The van der Waals surface area contributed by atoms with E-state index in [4.69, 9.17) is 14.2 Å². The van der Waals surface area contributed by atoms with Crippen LogP contribution in [-0.4, -0.2) is 62.5 Å². The maximum atomic E-state index is 12.7. The van der Waals surface area contributed by atoms with Gasteiger partial charge in [-0.05, 0) is 50.5 Å². The summed E-state index contributed by atoms with van der Waals surface area (Å²) in [7, 11) is 0. The Morgan fingerprint density at radius 3 is 2.52 bits per heavy atom. The van der Waals surface area contributed by atoms with Gasteiger partial charge in [0.05, 0.1) is 13.2 Å². The topological polar surface area (TPSA) is 60.0 Å². The molecule has 1 heterocycles. The molecule has 0 aromatic heterocycles. The van der Waals surface area contributed by atoms with E-state index in [1.54, 1.807) is 0 Å². The van der Waals surface area contributed by atoms with Crippen molar-refractivity contribution in [2.45, 2.75) is 39.7 Å². The summed E-state index contributed by atoms with van der Waals surface area (Å²) in [5.41, 5.74) is -0.0776. The fraction of sp³-hybridized carbons (Fsp3) is 0.667. The molecule has 0 spiro atoms. The molecule has 152 valence electrons. The summed E-state index contributed by atoms with van der Waals surface area (Å²) in [6, 6.07) is 7.50. The molecule has 1 amide bonds. The first-order valence-corrected chi connectivity index (χ1v) is 9.91. The number of amides is 1. The van der Waals surface area contributed by atoms with E-state index in [2.05, 4.69) is 24.1 Å². The number of morpholine rings is 1. The molecule has 27 heavy (non-hydrogen) atoms. The highest BCUT2D eigenvalue weighted by molar-refractivity contribution is 5.97. The summed E-state index contributed by atoms with van der Waals surface area (Å²) in [6.45, 7) is 13.5. The van der Waals surface area contributed by atoms with Crippen molar-refractivity contribution in [1.82, 2.24) is 4.90 Å².